The molecule has 0 aliphatic heterocycles. The summed E-state index contributed by atoms with van der Waals surface area (Å²) in [4.78, 5) is 14.9. The third-order valence-corrected chi connectivity index (χ3v) is 5.13. The van der Waals surface area contributed by atoms with Crippen LogP contribution in [0.15, 0.2) is 65.8 Å². The Morgan fingerprint density at radius 3 is 2.46 bits per heavy atom. The van der Waals surface area contributed by atoms with Crippen LogP contribution >= 0.6 is 11.8 Å². The molecule has 5 heteroatoms. The quantitative estimate of drug-likeness (QED) is 0.622. The first-order valence-corrected chi connectivity index (χ1v) is 9.61. The Morgan fingerprint density at radius 1 is 1.04 bits per heavy atom. The molecule has 1 aromatic heterocycles. The van der Waals surface area contributed by atoms with Crippen LogP contribution in [0.25, 0.3) is 10.8 Å². The van der Waals surface area contributed by atoms with Gasteiger partial charge in [-0.3, -0.25) is 4.79 Å². The van der Waals surface area contributed by atoms with E-state index in [0.717, 1.165) is 21.4 Å². The van der Waals surface area contributed by atoms with Gasteiger partial charge >= 0.3 is 0 Å². The highest BCUT2D eigenvalue weighted by Crippen LogP contribution is 2.26. The molecule has 0 aliphatic rings. The minimum Gasteiger partial charge on any atom is -0.333 e. The molecule has 0 spiro atoms. The number of carbonyl (C=O) groups is 1. The second kappa shape index (κ2) is 7.87. The number of hydrogen-bond acceptors (Lipinski definition) is 4. The van der Waals surface area contributed by atoms with Crippen molar-refractivity contribution in [1.29, 1.82) is 0 Å². The lowest BCUT2D eigenvalue weighted by atomic mass is 10.0. The van der Waals surface area contributed by atoms with Crippen molar-refractivity contribution in [2.75, 3.05) is 5.75 Å². The van der Waals surface area contributed by atoms with Gasteiger partial charge in [-0.1, -0.05) is 66.4 Å². The Balaban J connectivity index is 1.75. The molecule has 0 atom stereocenters. The Morgan fingerprint density at radius 2 is 1.73 bits per heavy atom. The molecule has 26 heavy (non-hydrogen) atoms. The van der Waals surface area contributed by atoms with Crippen LogP contribution in [0, 0.1) is 0 Å². The number of nitrogens with zero attached hydrogens (tertiary/aromatic N) is 3. The van der Waals surface area contributed by atoms with Gasteiger partial charge < -0.3 is 4.90 Å². The number of benzene rings is 2. The predicted molar refractivity (Wildman–Crippen MR) is 107 cm³/mol. The summed E-state index contributed by atoms with van der Waals surface area (Å²) in [6.07, 6.45) is 1.75. The summed E-state index contributed by atoms with van der Waals surface area (Å²) in [6, 6.07) is 18.1. The number of amides is 1. The van der Waals surface area contributed by atoms with Crippen LogP contribution in [0.1, 0.15) is 26.3 Å². The Kier molecular flexibility index (Phi) is 5.57. The third-order valence-electron chi connectivity index (χ3n) is 4.16. The largest absolute Gasteiger partial charge is 0.333 e. The first-order chi connectivity index (χ1) is 12.4. The van der Waals surface area contributed by atoms with E-state index >= 15 is 0 Å². The van der Waals surface area contributed by atoms with E-state index in [1.807, 2.05) is 47.4 Å². The third kappa shape index (κ3) is 4.41. The number of aromatic nitrogens is 2. The first-order valence-electron chi connectivity index (χ1n) is 8.63. The molecule has 0 unspecified atom stereocenters. The van der Waals surface area contributed by atoms with Gasteiger partial charge in [-0.25, -0.2) is 0 Å². The van der Waals surface area contributed by atoms with E-state index in [2.05, 4.69) is 43.1 Å². The fourth-order valence-electron chi connectivity index (χ4n) is 2.78. The van der Waals surface area contributed by atoms with E-state index in [1.165, 1.54) is 11.8 Å². The molecule has 0 fully saturated rings. The zero-order valence-electron chi connectivity index (χ0n) is 15.3. The molecule has 3 aromatic rings. The molecular weight excluding hydrogens is 342 g/mol. The highest BCUT2D eigenvalue weighted by atomic mass is 32.2. The maximum Gasteiger partial charge on any atom is 0.233 e. The maximum atomic E-state index is 13.0. The first kappa shape index (κ1) is 18.4. The van der Waals surface area contributed by atoms with E-state index < -0.39 is 0 Å². The SMILES string of the molecule is CC(C)(C)N(Cc1ccccc1)C(=O)CSc1nncc2ccccc12. The van der Waals surface area contributed by atoms with E-state index in [-0.39, 0.29) is 11.4 Å². The standard InChI is InChI=1S/C21H23N3OS/c1-21(2,3)24(14-16-9-5-4-6-10-16)19(25)15-26-20-18-12-8-7-11-17(18)13-22-23-20/h4-13H,14-15H2,1-3H3. The van der Waals surface area contributed by atoms with Crippen molar-refractivity contribution in [2.24, 2.45) is 0 Å². The molecule has 0 aliphatic carbocycles. The van der Waals surface area contributed by atoms with Crippen molar-refractivity contribution < 1.29 is 4.79 Å². The molecule has 0 saturated carbocycles. The second-order valence-electron chi connectivity index (χ2n) is 7.16. The summed E-state index contributed by atoms with van der Waals surface area (Å²) in [6.45, 7) is 6.80. The minimum absolute atomic E-state index is 0.0982. The minimum atomic E-state index is -0.252. The van der Waals surface area contributed by atoms with Gasteiger partial charge in [-0.15, -0.1) is 5.10 Å². The summed E-state index contributed by atoms with van der Waals surface area (Å²) < 4.78 is 0. The number of carbonyl (C=O) groups excluding carboxylic acids is 1. The fourth-order valence-corrected chi connectivity index (χ4v) is 3.64. The monoisotopic (exact) mass is 365 g/mol. The van der Waals surface area contributed by atoms with E-state index in [1.54, 1.807) is 6.20 Å². The van der Waals surface area contributed by atoms with Crippen LogP contribution in [0.4, 0.5) is 0 Å². The number of rotatable bonds is 5. The molecule has 2 aromatic carbocycles. The zero-order chi connectivity index (χ0) is 18.6. The van der Waals surface area contributed by atoms with Crippen LogP contribution < -0.4 is 0 Å². The number of fused-ring (bicyclic) bond motifs is 1. The van der Waals surface area contributed by atoms with Gasteiger partial charge in [0.15, 0.2) is 0 Å². The Hall–Kier alpha value is -2.40. The summed E-state index contributed by atoms with van der Waals surface area (Å²) in [5.74, 6) is 0.438. The molecule has 0 bridgehead atoms. The van der Waals surface area contributed by atoms with Gasteiger partial charge in [0.05, 0.1) is 11.9 Å². The second-order valence-corrected chi connectivity index (χ2v) is 8.13. The summed E-state index contributed by atoms with van der Waals surface area (Å²) in [5.41, 5.74) is 0.878. The summed E-state index contributed by atoms with van der Waals surface area (Å²) in [7, 11) is 0. The van der Waals surface area contributed by atoms with Crippen molar-refractivity contribution in [3.8, 4) is 0 Å². The van der Waals surface area contributed by atoms with Gasteiger partial charge in [0, 0.05) is 22.9 Å². The zero-order valence-corrected chi connectivity index (χ0v) is 16.2. The Bertz CT molecular complexity index is 885. The van der Waals surface area contributed by atoms with Crippen LogP contribution in [-0.4, -0.2) is 32.3 Å². The molecule has 0 radical (unpaired) electrons. The normalized spacial score (nSPS) is 11.5. The molecule has 0 saturated heterocycles. The smallest absolute Gasteiger partial charge is 0.233 e. The fraction of sp³-hybridized carbons (Fsp3) is 0.286. The van der Waals surface area contributed by atoms with Crippen molar-refractivity contribution in [3.05, 3.63) is 66.4 Å². The number of hydrogen-bond donors (Lipinski definition) is 0. The number of thioether (sulfide) groups is 1. The highest BCUT2D eigenvalue weighted by Gasteiger charge is 2.26. The summed E-state index contributed by atoms with van der Waals surface area (Å²) in [5, 5.41) is 11.1. The average Bonchev–Trinajstić information content (AvgIpc) is 2.64. The molecule has 134 valence electrons. The van der Waals surface area contributed by atoms with Gasteiger partial charge in [-0.05, 0) is 26.3 Å². The van der Waals surface area contributed by atoms with Gasteiger partial charge in [-0.2, -0.15) is 5.10 Å². The molecular formula is C21H23N3OS. The predicted octanol–water partition coefficient (Wildman–Crippen LogP) is 4.55. The lowest BCUT2D eigenvalue weighted by Gasteiger charge is -2.36. The van der Waals surface area contributed by atoms with Crippen LogP contribution in [-0.2, 0) is 11.3 Å². The lowest BCUT2D eigenvalue weighted by molar-refractivity contribution is -0.133. The van der Waals surface area contributed by atoms with E-state index in [9.17, 15) is 4.79 Å². The molecule has 1 amide bonds. The van der Waals surface area contributed by atoms with Crippen LogP contribution in [0.5, 0.6) is 0 Å². The lowest BCUT2D eigenvalue weighted by Crippen LogP contribution is -2.45. The van der Waals surface area contributed by atoms with Crippen LogP contribution in [0.2, 0.25) is 0 Å². The van der Waals surface area contributed by atoms with Gasteiger partial charge in [0.2, 0.25) is 5.91 Å². The maximum absolute atomic E-state index is 13.0. The van der Waals surface area contributed by atoms with Crippen molar-refractivity contribution in [2.45, 2.75) is 37.9 Å². The topological polar surface area (TPSA) is 46.1 Å². The molecule has 0 N–H and O–H groups in total. The molecule has 1 heterocycles. The van der Waals surface area contributed by atoms with Crippen molar-refractivity contribution in [1.82, 2.24) is 15.1 Å². The van der Waals surface area contributed by atoms with Gasteiger partial charge in [0.1, 0.15) is 5.03 Å². The Labute approximate surface area is 158 Å². The van der Waals surface area contributed by atoms with E-state index in [0.29, 0.717) is 12.3 Å². The van der Waals surface area contributed by atoms with E-state index in [4.69, 9.17) is 0 Å². The van der Waals surface area contributed by atoms with Crippen molar-refractivity contribution in [3.63, 3.8) is 0 Å². The highest BCUT2D eigenvalue weighted by molar-refractivity contribution is 8.00. The molecule has 4 nitrogen and oxygen atoms in total. The van der Waals surface area contributed by atoms with Crippen LogP contribution in [0.3, 0.4) is 0 Å². The van der Waals surface area contributed by atoms with Crippen molar-refractivity contribution >= 4 is 28.4 Å². The average molecular weight is 366 g/mol. The van der Waals surface area contributed by atoms with Gasteiger partial charge in [0.25, 0.3) is 0 Å². The molecule has 3 rings (SSSR count). The summed E-state index contributed by atoms with van der Waals surface area (Å²) >= 11 is 1.45.